The molecule has 0 unspecified atom stereocenters. The number of aryl methyl sites for hydroxylation is 1. The van der Waals surface area contributed by atoms with E-state index in [-0.39, 0.29) is 5.91 Å². The molecule has 2 aliphatic heterocycles. The van der Waals surface area contributed by atoms with Crippen molar-refractivity contribution in [3.63, 3.8) is 0 Å². The van der Waals surface area contributed by atoms with Crippen LogP contribution in [-0.2, 0) is 17.6 Å². The van der Waals surface area contributed by atoms with Crippen LogP contribution in [0.4, 0.5) is 5.82 Å². The third-order valence-electron chi connectivity index (χ3n) is 7.86. The van der Waals surface area contributed by atoms with Gasteiger partial charge in [-0.3, -0.25) is 9.69 Å². The number of carbonyl (C=O) groups excluding carboxylic acids is 1. The molecular weight excluding hydrogens is 412 g/mol. The monoisotopic (exact) mass is 448 g/mol. The van der Waals surface area contributed by atoms with Gasteiger partial charge in [-0.25, -0.2) is 9.97 Å². The Morgan fingerprint density at radius 3 is 2.42 bits per heavy atom. The quantitative estimate of drug-likeness (QED) is 0.654. The van der Waals surface area contributed by atoms with Crippen molar-refractivity contribution in [2.24, 2.45) is 0 Å². The molecule has 2 fully saturated rings. The largest absolute Gasteiger partial charge is 0.497 e. The van der Waals surface area contributed by atoms with Gasteiger partial charge in [0.2, 0.25) is 5.91 Å². The molecule has 3 heterocycles. The Morgan fingerprint density at radius 2 is 1.73 bits per heavy atom. The highest BCUT2D eigenvalue weighted by Crippen LogP contribution is 2.34. The molecule has 1 amide bonds. The lowest BCUT2D eigenvalue weighted by Gasteiger charge is -2.39. The van der Waals surface area contributed by atoms with Crippen LogP contribution in [0.15, 0.2) is 24.3 Å². The van der Waals surface area contributed by atoms with Gasteiger partial charge in [-0.15, -0.1) is 0 Å². The number of ether oxygens (including phenoxy) is 1. The molecule has 6 heteroatoms. The molecule has 5 rings (SSSR count). The highest BCUT2D eigenvalue weighted by molar-refractivity contribution is 6.00. The van der Waals surface area contributed by atoms with Gasteiger partial charge in [-0.1, -0.05) is 31.4 Å². The Labute approximate surface area is 197 Å². The zero-order valence-electron chi connectivity index (χ0n) is 20.1. The van der Waals surface area contributed by atoms with E-state index in [1.165, 1.54) is 37.7 Å². The minimum atomic E-state index is 0.139. The smallest absolute Gasteiger partial charge is 0.232 e. The Morgan fingerprint density at radius 1 is 1.00 bits per heavy atom. The zero-order valence-corrected chi connectivity index (χ0v) is 20.1. The third kappa shape index (κ3) is 4.77. The summed E-state index contributed by atoms with van der Waals surface area (Å²) >= 11 is 0. The van der Waals surface area contributed by atoms with Gasteiger partial charge in [0.15, 0.2) is 0 Å². The molecule has 0 spiro atoms. The first-order valence-corrected chi connectivity index (χ1v) is 12.7. The van der Waals surface area contributed by atoms with Gasteiger partial charge in [0.25, 0.3) is 0 Å². The topological polar surface area (TPSA) is 58.6 Å². The molecule has 2 aromatic rings. The van der Waals surface area contributed by atoms with Gasteiger partial charge >= 0.3 is 0 Å². The van der Waals surface area contributed by atoms with Crippen LogP contribution in [0.25, 0.3) is 0 Å². The van der Waals surface area contributed by atoms with E-state index in [0.29, 0.717) is 18.9 Å². The number of aromatic nitrogens is 2. The first-order chi connectivity index (χ1) is 16.1. The molecule has 176 valence electrons. The summed E-state index contributed by atoms with van der Waals surface area (Å²) < 4.78 is 5.25. The second kappa shape index (κ2) is 9.80. The van der Waals surface area contributed by atoms with Gasteiger partial charge in [0, 0.05) is 29.8 Å². The number of rotatable bonds is 6. The summed E-state index contributed by atoms with van der Waals surface area (Å²) in [6.07, 6.45) is 10.4. The van der Waals surface area contributed by atoms with Crippen LogP contribution in [0.5, 0.6) is 5.75 Å². The fraction of sp³-hybridized carbons (Fsp3) is 0.593. The van der Waals surface area contributed by atoms with Gasteiger partial charge < -0.3 is 9.64 Å². The highest BCUT2D eigenvalue weighted by Gasteiger charge is 2.33. The predicted octanol–water partition coefficient (Wildman–Crippen LogP) is 4.44. The van der Waals surface area contributed by atoms with Gasteiger partial charge in [0.1, 0.15) is 17.4 Å². The molecule has 1 aromatic heterocycles. The molecule has 1 aromatic carbocycles. The van der Waals surface area contributed by atoms with Crippen LogP contribution in [0, 0.1) is 6.92 Å². The van der Waals surface area contributed by atoms with Gasteiger partial charge in [-0.05, 0) is 69.8 Å². The van der Waals surface area contributed by atoms with E-state index >= 15 is 0 Å². The molecule has 0 bridgehead atoms. The van der Waals surface area contributed by atoms with Crippen molar-refractivity contribution in [3.05, 3.63) is 46.9 Å². The lowest BCUT2D eigenvalue weighted by molar-refractivity contribution is -0.117. The summed E-state index contributed by atoms with van der Waals surface area (Å²) in [4.78, 5) is 27.3. The molecule has 33 heavy (non-hydrogen) atoms. The summed E-state index contributed by atoms with van der Waals surface area (Å²) in [7, 11) is 1.67. The van der Waals surface area contributed by atoms with E-state index < -0.39 is 0 Å². The lowest BCUT2D eigenvalue weighted by atomic mass is 9.90. The lowest BCUT2D eigenvalue weighted by Crippen LogP contribution is -2.42. The Hall–Kier alpha value is -2.47. The van der Waals surface area contributed by atoms with Crippen molar-refractivity contribution < 1.29 is 9.53 Å². The van der Waals surface area contributed by atoms with E-state index in [2.05, 4.69) is 17.0 Å². The first kappa shape index (κ1) is 22.3. The summed E-state index contributed by atoms with van der Waals surface area (Å²) in [5.41, 5.74) is 3.18. The number of fused-ring (bicyclic) bond motifs is 1. The van der Waals surface area contributed by atoms with Crippen LogP contribution in [0.3, 0.4) is 0 Å². The molecule has 0 N–H and O–H groups in total. The van der Waals surface area contributed by atoms with E-state index in [1.807, 2.05) is 24.0 Å². The molecular formula is C27H36N4O2. The zero-order chi connectivity index (χ0) is 22.8. The van der Waals surface area contributed by atoms with Crippen molar-refractivity contribution in [1.82, 2.24) is 14.9 Å². The predicted molar refractivity (Wildman–Crippen MR) is 130 cm³/mol. The number of methoxy groups -OCH3 is 1. The Balaban J connectivity index is 1.27. The highest BCUT2D eigenvalue weighted by atomic mass is 16.5. The van der Waals surface area contributed by atoms with Crippen molar-refractivity contribution >= 4 is 11.7 Å². The van der Waals surface area contributed by atoms with Crippen LogP contribution in [0.1, 0.15) is 73.5 Å². The summed E-state index contributed by atoms with van der Waals surface area (Å²) in [5.74, 6) is 3.18. The normalized spacial score (nSPS) is 20.3. The van der Waals surface area contributed by atoms with Crippen LogP contribution in [0.2, 0.25) is 0 Å². The molecule has 0 radical (unpaired) electrons. The third-order valence-corrected chi connectivity index (χ3v) is 7.86. The van der Waals surface area contributed by atoms with Crippen molar-refractivity contribution in [3.8, 4) is 5.75 Å². The van der Waals surface area contributed by atoms with E-state index in [0.717, 1.165) is 67.0 Å². The first-order valence-electron chi connectivity index (χ1n) is 12.7. The standard InChI is InChI=1S/C27H36N4O2/c1-19-24-18-25(32)31(17-12-20-8-10-23(33-2)11-9-20)27(24)29-26(28-19)21-13-15-30(16-14-21)22-6-4-3-5-7-22/h8-11,21-22H,3-7,12-18H2,1-2H3. The number of amides is 1. The van der Waals surface area contributed by atoms with Crippen molar-refractivity contribution in [1.29, 1.82) is 0 Å². The average Bonchev–Trinajstić information content (AvgIpc) is 3.19. The number of nitrogens with zero attached hydrogens (tertiary/aromatic N) is 4. The fourth-order valence-electron chi connectivity index (χ4n) is 5.81. The number of benzene rings is 1. The number of likely N-dealkylation sites (tertiary alicyclic amines) is 1. The van der Waals surface area contributed by atoms with E-state index in [1.54, 1.807) is 7.11 Å². The number of hydrogen-bond acceptors (Lipinski definition) is 5. The molecule has 3 aliphatic rings. The maximum Gasteiger partial charge on any atom is 0.232 e. The van der Waals surface area contributed by atoms with E-state index in [4.69, 9.17) is 14.7 Å². The number of carbonyl (C=O) groups is 1. The van der Waals surface area contributed by atoms with Crippen LogP contribution < -0.4 is 9.64 Å². The summed E-state index contributed by atoms with van der Waals surface area (Å²) in [6.45, 7) is 4.99. The maximum atomic E-state index is 12.8. The van der Waals surface area contributed by atoms with Crippen molar-refractivity contribution in [2.45, 2.75) is 76.7 Å². The van der Waals surface area contributed by atoms with Crippen molar-refractivity contribution in [2.75, 3.05) is 31.6 Å². The SMILES string of the molecule is COc1ccc(CCN2C(=O)Cc3c(C)nc(C4CCN(C5CCCCC5)CC4)nc32)cc1. The number of hydrogen-bond donors (Lipinski definition) is 0. The molecule has 1 saturated heterocycles. The Bertz CT molecular complexity index is 976. The number of piperidine rings is 1. The minimum Gasteiger partial charge on any atom is -0.497 e. The second-order valence-corrected chi connectivity index (χ2v) is 9.89. The second-order valence-electron chi connectivity index (χ2n) is 9.89. The Kier molecular flexibility index (Phi) is 6.63. The van der Waals surface area contributed by atoms with Gasteiger partial charge in [-0.2, -0.15) is 0 Å². The van der Waals surface area contributed by atoms with Gasteiger partial charge in [0.05, 0.1) is 13.5 Å². The molecule has 1 saturated carbocycles. The summed E-state index contributed by atoms with van der Waals surface area (Å²) in [6, 6.07) is 8.86. The van der Waals surface area contributed by atoms with Crippen LogP contribution in [-0.4, -0.2) is 53.6 Å². The summed E-state index contributed by atoms with van der Waals surface area (Å²) in [5, 5.41) is 0. The van der Waals surface area contributed by atoms with E-state index in [9.17, 15) is 4.79 Å². The average molecular weight is 449 g/mol. The fourth-order valence-corrected chi connectivity index (χ4v) is 5.81. The minimum absolute atomic E-state index is 0.139. The molecule has 6 nitrogen and oxygen atoms in total. The maximum absolute atomic E-state index is 12.8. The number of anilines is 1. The van der Waals surface area contributed by atoms with Crippen LogP contribution >= 0.6 is 0 Å². The molecule has 1 aliphatic carbocycles. The molecule has 0 atom stereocenters.